The Hall–Kier alpha value is -3.17. The molecule has 1 saturated heterocycles. The van der Waals surface area contributed by atoms with Gasteiger partial charge < -0.3 is 10.2 Å². The molecule has 0 spiro atoms. The molecule has 2 unspecified atom stereocenters. The van der Waals surface area contributed by atoms with Crippen molar-refractivity contribution in [2.75, 3.05) is 26.2 Å². The molecule has 2 aromatic rings. The van der Waals surface area contributed by atoms with Gasteiger partial charge in [-0.25, -0.2) is 0 Å². The second kappa shape index (κ2) is 10.2. The van der Waals surface area contributed by atoms with Crippen molar-refractivity contribution in [2.45, 2.75) is 32.9 Å². The second-order valence-corrected chi connectivity index (χ2v) is 8.31. The molecule has 1 aliphatic rings. The Labute approximate surface area is 184 Å². The van der Waals surface area contributed by atoms with Crippen LogP contribution >= 0.6 is 0 Å². The van der Waals surface area contributed by atoms with E-state index in [2.05, 4.69) is 16.3 Å². The number of hydrogen-bond donors (Lipinski definition) is 1. The highest BCUT2D eigenvalue weighted by atomic mass is 16.2. The van der Waals surface area contributed by atoms with Crippen LogP contribution in [0.25, 0.3) is 0 Å². The second-order valence-electron chi connectivity index (χ2n) is 8.31. The number of carbonyl (C=O) groups is 2. The topological polar surface area (TPSA) is 76.4 Å². The fraction of sp³-hybridized carbons (Fsp3) is 0.400. The van der Waals surface area contributed by atoms with Crippen LogP contribution in [-0.4, -0.2) is 53.8 Å². The molecule has 2 aromatic carbocycles. The van der Waals surface area contributed by atoms with Gasteiger partial charge in [-0.15, -0.1) is 0 Å². The Bertz CT molecular complexity index is 943. The third-order valence-corrected chi connectivity index (χ3v) is 5.84. The Balaban J connectivity index is 1.64. The van der Waals surface area contributed by atoms with Crippen molar-refractivity contribution in [3.05, 3.63) is 71.3 Å². The molecule has 0 aliphatic carbocycles. The van der Waals surface area contributed by atoms with E-state index in [1.165, 1.54) is 0 Å². The van der Waals surface area contributed by atoms with Crippen molar-refractivity contribution >= 4 is 11.8 Å². The van der Waals surface area contributed by atoms with Crippen LogP contribution in [0.5, 0.6) is 0 Å². The lowest BCUT2D eigenvalue weighted by atomic mass is 10.0. The maximum Gasteiger partial charge on any atom is 0.252 e. The number of nitrogens with zero attached hydrogens (tertiary/aromatic N) is 3. The molecule has 2 atom stereocenters. The van der Waals surface area contributed by atoms with E-state index in [1.807, 2.05) is 69.3 Å². The molecule has 2 amide bonds. The number of nitrogens with one attached hydrogen (secondary N) is 1. The van der Waals surface area contributed by atoms with Crippen LogP contribution in [0.1, 0.15) is 41.4 Å². The van der Waals surface area contributed by atoms with Crippen molar-refractivity contribution in [3.63, 3.8) is 0 Å². The van der Waals surface area contributed by atoms with Crippen LogP contribution < -0.4 is 5.32 Å². The highest BCUT2D eigenvalue weighted by Crippen LogP contribution is 2.22. The summed E-state index contributed by atoms with van der Waals surface area (Å²) in [6.45, 7) is 8.08. The van der Waals surface area contributed by atoms with Gasteiger partial charge in [0.05, 0.1) is 6.07 Å². The first-order chi connectivity index (χ1) is 14.9. The lowest BCUT2D eigenvalue weighted by Gasteiger charge is -2.39. The normalized spacial score (nSPS) is 16.4. The monoisotopic (exact) mass is 418 g/mol. The predicted octanol–water partition coefficient (Wildman–Crippen LogP) is 3.16. The minimum atomic E-state index is -0.584. The molecular weight excluding hydrogens is 388 g/mol. The summed E-state index contributed by atoms with van der Waals surface area (Å²) in [5.74, 6) is -0.322. The summed E-state index contributed by atoms with van der Waals surface area (Å²) in [5, 5.41) is 12.6. The number of nitriles is 1. The molecule has 31 heavy (non-hydrogen) atoms. The van der Waals surface area contributed by atoms with Crippen LogP contribution in [0.15, 0.2) is 54.6 Å². The van der Waals surface area contributed by atoms with Crippen molar-refractivity contribution in [2.24, 2.45) is 5.92 Å². The molecule has 162 valence electrons. The van der Waals surface area contributed by atoms with Crippen LogP contribution in [-0.2, 0) is 4.79 Å². The zero-order chi connectivity index (χ0) is 22.4. The zero-order valence-corrected chi connectivity index (χ0v) is 18.4. The molecule has 0 aromatic heterocycles. The predicted molar refractivity (Wildman–Crippen MR) is 120 cm³/mol. The number of amides is 2. The van der Waals surface area contributed by atoms with E-state index in [1.54, 1.807) is 11.0 Å². The molecule has 6 nitrogen and oxygen atoms in total. The zero-order valence-electron chi connectivity index (χ0n) is 18.4. The van der Waals surface area contributed by atoms with Crippen LogP contribution in [0, 0.1) is 24.2 Å². The average Bonchev–Trinajstić information content (AvgIpc) is 2.78. The fourth-order valence-electron chi connectivity index (χ4n) is 3.96. The smallest absolute Gasteiger partial charge is 0.252 e. The SMILES string of the molecule is Cc1ccccc1C(=O)NC(C(=O)N1CCN(C(C#N)c2ccccc2)CC1)C(C)C. The Morgan fingerprint density at radius 2 is 1.58 bits per heavy atom. The third kappa shape index (κ3) is 5.31. The summed E-state index contributed by atoms with van der Waals surface area (Å²) < 4.78 is 0. The third-order valence-electron chi connectivity index (χ3n) is 5.84. The van der Waals surface area contributed by atoms with E-state index < -0.39 is 6.04 Å². The van der Waals surface area contributed by atoms with Gasteiger partial charge in [-0.3, -0.25) is 14.5 Å². The van der Waals surface area contributed by atoms with Gasteiger partial charge in [0.2, 0.25) is 5.91 Å². The number of aryl methyl sites for hydroxylation is 1. The Morgan fingerprint density at radius 3 is 2.16 bits per heavy atom. The van der Waals surface area contributed by atoms with E-state index in [4.69, 9.17) is 0 Å². The molecule has 1 heterocycles. The van der Waals surface area contributed by atoms with Gasteiger partial charge in [0.1, 0.15) is 12.1 Å². The first-order valence-corrected chi connectivity index (χ1v) is 10.8. The summed E-state index contributed by atoms with van der Waals surface area (Å²) >= 11 is 0. The minimum absolute atomic E-state index is 0.0327. The highest BCUT2D eigenvalue weighted by Gasteiger charge is 2.33. The van der Waals surface area contributed by atoms with Gasteiger partial charge in [-0.2, -0.15) is 5.26 Å². The molecule has 0 saturated carbocycles. The van der Waals surface area contributed by atoms with Gasteiger partial charge in [0.25, 0.3) is 5.91 Å². The van der Waals surface area contributed by atoms with E-state index >= 15 is 0 Å². The van der Waals surface area contributed by atoms with Crippen molar-refractivity contribution in [1.82, 2.24) is 15.1 Å². The quantitative estimate of drug-likeness (QED) is 0.782. The van der Waals surface area contributed by atoms with E-state index in [0.717, 1.165) is 11.1 Å². The van der Waals surface area contributed by atoms with Crippen molar-refractivity contribution < 1.29 is 9.59 Å². The Morgan fingerprint density at radius 1 is 0.968 bits per heavy atom. The minimum Gasteiger partial charge on any atom is -0.340 e. The summed E-state index contributed by atoms with van der Waals surface area (Å²) in [4.78, 5) is 29.9. The van der Waals surface area contributed by atoms with Gasteiger partial charge in [-0.05, 0) is 30.0 Å². The maximum atomic E-state index is 13.2. The summed E-state index contributed by atoms with van der Waals surface area (Å²) in [6.07, 6.45) is 0. The van der Waals surface area contributed by atoms with E-state index in [-0.39, 0.29) is 23.8 Å². The van der Waals surface area contributed by atoms with Gasteiger partial charge in [0, 0.05) is 31.7 Å². The molecule has 3 rings (SSSR count). The lowest BCUT2D eigenvalue weighted by molar-refractivity contribution is -0.136. The molecule has 0 radical (unpaired) electrons. The first-order valence-electron chi connectivity index (χ1n) is 10.8. The Kier molecular flexibility index (Phi) is 7.43. The summed E-state index contributed by atoms with van der Waals surface area (Å²) in [5.41, 5.74) is 2.44. The fourth-order valence-corrected chi connectivity index (χ4v) is 3.96. The van der Waals surface area contributed by atoms with E-state index in [9.17, 15) is 14.9 Å². The molecule has 1 N–H and O–H groups in total. The maximum absolute atomic E-state index is 13.2. The van der Waals surface area contributed by atoms with E-state index in [0.29, 0.717) is 31.7 Å². The summed E-state index contributed by atoms with van der Waals surface area (Å²) in [6, 6.07) is 18.6. The molecule has 0 bridgehead atoms. The van der Waals surface area contributed by atoms with Crippen LogP contribution in [0.2, 0.25) is 0 Å². The van der Waals surface area contributed by atoms with Gasteiger partial charge in [0.15, 0.2) is 0 Å². The van der Waals surface area contributed by atoms with Crippen molar-refractivity contribution in [3.8, 4) is 6.07 Å². The summed E-state index contributed by atoms with van der Waals surface area (Å²) in [7, 11) is 0. The number of hydrogen-bond acceptors (Lipinski definition) is 4. The average molecular weight is 419 g/mol. The number of carbonyl (C=O) groups excluding carboxylic acids is 2. The molecule has 1 fully saturated rings. The largest absolute Gasteiger partial charge is 0.340 e. The van der Waals surface area contributed by atoms with Crippen molar-refractivity contribution in [1.29, 1.82) is 5.26 Å². The van der Waals surface area contributed by atoms with Gasteiger partial charge >= 0.3 is 0 Å². The number of benzene rings is 2. The lowest BCUT2D eigenvalue weighted by Crippen LogP contribution is -2.56. The number of rotatable bonds is 6. The standard InChI is InChI=1S/C25H30N4O2/c1-18(2)23(27-24(30)21-12-8-7-9-19(21)3)25(31)29-15-13-28(14-16-29)22(17-26)20-10-5-4-6-11-20/h4-12,18,22-23H,13-16H2,1-3H3,(H,27,30). The highest BCUT2D eigenvalue weighted by molar-refractivity contribution is 5.98. The molecule has 6 heteroatoms. The van der Waals surface area contributed by atoms with Crippen LogP contribution in [0.3, 0.4) is 0 Å². The molecule has 1 aliphatic heterocycles. The molecular formula is C25H30N4O2. The van der Waals surface area contributed by atoms with Gasteiger partial charge in [-0.1, -0.05) is 62.4 Å². The van der Waals surface area contributed by atoms with Crippen LogP contribution in [0.4, 0.5) is 0 Å². The number of piperazine rings is 1. The first kappa shape index (κ1) is 22.5.